The lowest BCUT2D eigenvalue weighted by atomic mass is 9.66. The number of hydrogen-bond acceptors (Lipinski definition) is 1. The molecule has 4 atom stereocenters. The minimum atomic E-state index is -0.421. The SMILES string of the molecule is CC1CCC(C(C)(O)CC2CC(C)CCC2C)CC1. The lowest BCUT2D eigenvalue weighted by molar-refractivity contribution is -0.0519. The van der Waals surface area contributed by atoms with E-state index < -0.39 is 5.60 Å². The van der Waals surface area contributed by atoms with Gasteiger partial charge in [-0.1, -0.05) is 46.5 Å². The molecular formula is C18H34O. The molecule has 112 valence electrons. The van der Waals surface area contributed by atoms with Crippen LogP contribution in [0.5, 0.6) is 0 Å². The zero-order valence-electron chi connectivity index (χ0n) is 13.5. The van der Waals surface area contributed by atoms with Crippen LogP contribution in [0.4, 0.5) is 0 Å². The van der Waals surface area contributed by atoms with E-state index in [9.17, 15) is 5.11 Å². The number of aliphatic hydroxyl groups is 1. The van der Waals surface area contributed by atoms with E-state index in [1.165, 1.54) is 44.9 Å². The fourth-order valence-corrected chi connectivity index (χ4v) is 4.51. The zero-order valence-corrected chi connectivity index (χ0v) is 13.5. The summed E-state index contributed by atoms with van der Waals surface area (Å²) in [7, 11) is 0. The molecule has 2 rings (SSSR count). The van der Waals surface area contributed by atoms with Gasteiger partial charge >= 0.3 is 0 Å². The highest BCUT2D eigenvalue weighted by molar-refractivity contribution is 4.90. The van der Waals surface area contributed by atoms with E-state index in [0.717, 1.165) is 30.1 Å². The lowest BCUT2D eigenvalue weighted by Crippen LogP contribution is -2.40. The van der Waals surface area contributed by atoms with Crippen LogP contribution in [-0.4, -0.2) is 10.7 Å². The Morgan fingerprint density at radius 2 is 1.47 bits per heavy atom. The Balaban J connectivity index is 1.92. The second-order valence-electron chi connectivity index (χ2n) is 8.17. The molecule has 2 aliphatic rings. The van der Waals surface area contributed by atoms with Gasteiger partial charge in [-0.2, -0.15) is 0 Å². The first-order chi connectivity index (χ1) is 8.88. The van der Waals surface area contributed by atoms with E-state index in [-0.39, 0.29) is 0 Å². The highest BCUT2D eigenvalue weighted by atomic mass is 16.3. The summed E-state index contributed by atoms with van der Waals surface area (Å²) in [6, 6.07) is 0. The summed E-state index contributed by atoms with van der Waals surface area (Å²) in [5, 5.41) is 11.0. The predicted octanol–water partition coefficient (Wildman–Crippen LogP) is 5.03. The monoisotopic (exact) mass is 266 g/mol. The third kappa shape index (κ3) is 3.97. The molecule has 0 radical (unpaired) electrons. The largest absolute Gasteiger partial charge is 0.390 e. The highest BCUT2D eigenvalue weighted by Gasteiger charge is 2.38. The summed E-state index contributed by atoms with van der Waals surface area (Å²) in [4.78, 5) is 0. The molecule has 2 fully saturated rings. The molecule has 4 unspecified atom stereocenters. The molecule has 19 heavy (non-hydrogen) atoms. The van der Waals surface area contributed by atoms with Crippen molar-refractivity contribution in [2.45, 2.75) is 84.7 Å². The maximum atomic E-state index is 11.0. The van der Waals surface area contributed by atoms with Crippen LogP contribution < -0.4 is 0 Å². The van der Waals surface area contributed by atoms with Gasteiger partial charge in [0.25, 0.3) is 0 Å². The van der Waals surface area contributed by atoms with E-state index >= 15 is 0 Å². The van der Waals surface area contributed by atoms with E-state index in [1.54, 1.807) is 0 Å². The smallest absolute Gasteiger partial charge is 0.0650 e. The maximum absolute atomic E-state index is 11.0. The molecule has 0 heterocycles. The average Bonchev–Trinajstić information content (AvgIpc) is 2.34. The van der Waals surface area contributed by atoms with Crippen LogP contribution in [0, 0.1) is 29.6 Å². The van der Waals surface area contributed by atoms with Gasteiger partial charge in [0.15, 0.2) is 0 Å². The summed E-state index contributed by atoms with van der Waals surface area (Å²) in [6.07, 6.45) is 10.2. The Morgan fingerprint density at radius 3 is 2.11 bits per heavy atom. The van der Waals surface area contributed by atoms with Crippen LogP contribution in [0.2, 0.25) is 0 Å². The molecule has 0 spiro atoms. The van der Waals surface area contributed by atoms with Crippen LogP contribution in [0.3, 0.4) is 0 Å². The lowest BCUT2D eigenvalue weighted by Gasteiger charge is -2.42. The molecule has 1 heteroatoms. The van der Waals surface area contributed by atoms with Crippen molar-refractivity contribution in [3.63, 3.8) is 0 Å². The first-order valence-corrected chi connectivity index (χ1v) is 8.61. The van der Waals surface area contributed by atoms with Crippen molar-refractivity contribution in [2.75, 3.05) is 0 Å². The third-order valence-corrected chi connectivity index (χ3v) is 6.20. The summed E-state index contributed by atoms with van der Waals surface area (Å²) >= 11 is 0. The Kier molecular flexibility index (Phi) is 4.98. The van der Waals surface area contributed by atoms with E-state index in [4.69, 9.17) is 0 Å². The first-order valence-electron chi connectivity index (χ1n) is 8.61. The van der Waals surface area contributed by atoms with Crippen molar-refractivity contribution < 1.29 is 5.11 Å². The van der Waals surface area contributed by atoms with Crippen LogP contribution in [0.25, 0.3) is 0 Å². The second kappa shape index (κ2) is 6.16. The molecular weight excluding hydrogens is 232 g/mol. The fourth-order valence-electron chi connectivity index (χ4n) is 4.51. The Bertz CT molecular complexity index is 275. The summed E-state index contributed by atoms with van der Waals surface area (Å²) < 4.78 is 0. The van der Waals surface area contributed by atoms with Crippen molar-refractivity contribution in [3.8, 4) is 0 Å². The average molecular weight is 266 g/mol. The highest BCUT2D eigenvalue weighted by Crippen LogP contribution is 2.43. The van der Waals surface area contributed by atoms with Gasteiger partial charge in [-0.3, -0.25) is 0 Å². The standard InChI is InChI=1S/C18H34O/c1-13-6-9-17(10-7-13)18(4,19)12-16-11-14(2)5-8-15(16)3/h13-17,19H,5-12H2,1-4H3. The molecule has 0 aromatic heterocycles. The number of rotatable bonds is 3. The molecule has 2 aliphatic carbocycles. The van der Waals surface area contributed by atoms with E-state index in [1.807, 2.05) is 0 Å². The Morgan fingerprint density at radius 1 is 0.895 bits per heavy atom. The summed E-state index contributed by atoms with van der Waals surface area (Å²) in [5.74, 6) is 3.85. The molecule has 1 N–H and O–H groups in total. The molecule has 0 aromatic rings. The zero-order chi connectivity index (χ0) is 14.0. The molecule has 0 amide bonds. The van der Waals surface area contributed by atoms with Crippen molar-refractivity contribution >= 4 is 0 Å². The molecule has 2 saturated carbocycles. The van der Waals surface area contributed by atoms with Gasteiger partial charge in [0.05, 0.1) is 5.60 Å². The van der Waals surface area contributed by atoms with Gasteiger partial charge in [0.2, 0.25) is 0 Å². The fraction of sp³-hybridized carbons (Fsp3) is 1.00. The topological polar surface area (TPSA) is 20.2 Å². The Hall–Kier alpha value is -0.0400. The Labute approximate surface area is 120 Å². The van der Waals surface area contributed by atoms with Gasteiger partial charge in [0, 0.05) is 0 Å². The van der Waals surface area contributed by atoms with Gasteiger partial charge in [-0.25, -0.2) is 0 Å². The quantitative estimate of drug-likeness (QED) is 0.760. The number of hydrogen-bond donors (Lipinski definition) is 1. The van der Waals surface area contributed by atoms with Crippen molar-refractivity contribution in [2.24, 2.45) is 29.6 Å². The van der Waals surface area contributed by atoms with Gasteiger partial charge < -0.3 is 5.11 Å². The van der Waals surface area contributed by atoms with Gasteiger partial charge in [-0.15, -0.1) is 0 Å². The predicted molar refractivity (Wildman–Crippen MR) is 82.0 cm³/mol. The van der Waals surface area contributed by atoms with Gasteiger partial charge in [-0.05, 0) is 62.2 Å². The minimum absolute atomic E-state index is 0.421. The first kappa shape index (κ1) is 15.4. The van der Waals surface area contributed by atoms with E-state index in [0.29, 0.717) is 5.92 Å². The molecule has 0 aliphatic heterocycles. The second-order valence-corrected chi connectivity index (χ2v) is 8.17. The normalized spacial score (nSPS) is 43.7. The molecule has 0 saturated heterocycles. The van der Waals surface area contributed by atoms with Crippen molar-refractivity contribution in [1.82, 2.24) is 0 Å². The minimum Gasteiger partial charge on any atom is -0.390 e. The molecule has 0 aromatic carbocycles. The van der Waals surface area contributed by atoms with Crippen molar-refractivity contribution in [3.05, 3.63) is 0 Å². The summed E-state index contributed by atoms with van der Waals surface area (Å²) in [5.41, 5.74) is -0.421. The maximum Gasteiger partial charge on any atom is 0.0650 e. The summed E-state index contributed by atoms with van der Waals surface area (Å²) in [6.45, 7) is 9.26. The van der Waals surface area contributed by atoms with Crippen LogP contribution >= 0.6 is 0 Å². The third-order valence-electron chi connectivity index (χ3n) is 6.20. The van der Waals surface area contributed by atoms with E-state index in [2.05, 4.69) is 27.7 Å². The van der Waals surface area contributed by atoms with Gasteiger partial charge in [0.1, 0.15) is 0 Å². The molecule has 1 nitrogen and oxygen atoms in total. The molecule has 0 bridgehead atoms. The van der Waals surface area contributed by atoms with Crippen LogP contribution in [0.1, 0.15) is 79.1 Å². The van der Waals surface area contributed by atoms with Crippen LogP contribution in [0.15, 0.2) is 0 Å². The van der Waals surface area contributed by atoms with Crippen molar-refractivity contribution in [1.29, 1.82) is 0 Å². The van der Waals surface area contributed by atoms with Crippen LogP contribution in [-0.2, 0) is 0 Å².